The fraction of sp³-hybridized carbons (Fsp3) is 0.750. The average molecular weight is 277 g/mol. The molecule has 2 fully saturated rings. The molecule has 0 unspecified atom stereocenters. The van der Waals surface area contributed by atoms with Crippen molar-refractivity contribution in [2.45, 2.75) is 44.6 Å². The Morgan fingerprint density at radius 2 is 1.95 bits per heavy atom. The molecule has 3 aliphatic rings. The number of esters is 1. The van der Waals surface area contributed by atoms with E-state index in [9.17, 15) is 9.59 Å². The van der Waals surface area contributed by atoms with Gasteiger partial charge < -0.3 is 10.1 Å². The second-order valence-corrected chi connectivity index (χ2v) is 6.40. The van der Waals surface area contributed by atoms with Crippen LogP contribution in [0.15, 0.2) is 12.2 Å². The summed E-state index contributed by atoms with van der Waals surface area (Å²) in [6.45, 7) is 0. The van der Waals surface area contributed by atoms with E-state index in [2.05, 4.69) is 17.5 Å². The smallest absolute Gasteiger partial charge is 0.311 e. The van der Waals surface area contributed by atoms with Crippen LogP contribution in [0.5, 0.6) is 0 Å². The van der Waals surface area contributed by atoms with E-state index in [0.717, 1.165) is 38.5 Å². The minimum absolute atomic E-state index is 0.000365. The summed E-state index contributed by atoms with van der Waals surface area (Å²) in [5.74, 6) is 0.808. The molecular formula is C16H23NO3. The molecule has 0 saturated heterocycles. The largest absolute Gasteiger partial charge is 0.469 e. The molecule has 0 radical (unpaired) electrons. The van der Waals surface area contributed by atoms with Gasteiger partial charge in [0.1, 0.15) is 0 Å². The highest BCUT2D eigenvalue weighted by atomic mass is 16.5. The summed E-state index contributed by atoms with van der Waals surface area (Å²) in [6, 6.07) is -0.000365. The van der Waals surface area contributed by atoms with Gasteiger partial charge in [0.25, 0.3) is 0 Å². The molecule has 1 amide bonds. The Kier molecular flexibility index (Phi) is 3.81. The van der Waals surface area contributed by atoms with E-state index in [1.165, 1.54) is 7.11 Å². The molecule has 3 aliphatic carbocycles. The summed E-state index contributed by atoms with van der Waals surface area (Å²) < 4.78 is 4.94. The lowest BCUT2D eigenvalue weighted by Crippen LogP contribution is -2.49. The third-order valence-electron chi connectivity index (χ3n) is 5.34. The van der Waals surface area contributed by atoms with Gasteiger partial charge in [-0.05, 0) is 50.4 Å². The Morgan fingerprint density at radius 1 is 1.15 bits per heavy atom. The van der Waals surface area contributed by atoms with Gasteiger partial charge in [-0.2, -0.15) is 0 Å². The summed E-state index contributed by atoms with van der Waals surface area (Å²) in [5, 5.41) is 3.17. The van der Waals surface area contributed by atoms with E-state index in [0.29, 0.717) is 11.8 Å². The van der Waals surface area contributed by atoms with E-state index >= 15 is 0 Å². The number of hydrogen-bond donors (Lipinski definition) is 1. The molecule has 0 aromatic heterocycles. The summed E-state index contributed by atoms with van der Waals surface area (Å²) in [7, 11) is 1.44. The van der Waals surface area contributed by atoms with Crippen LogP contribution < -0.4 is 5.32 Å². The van der Waals surface area contributed by atoms with Crippen molar-refractivity contribution in [1.82, 2.24) is 5.32 Å². The molecule has 1 N–H and O–H groups in total. The summed E-state index contributed by atoms with van der Waals surface area (Å²) in [4.78, 5) is 24.4. The van der Waals surface area contributed by atoms with E-state index in [-0.39, 0.29) is 29.8 Å². The highest BCUT2D eigenvalue weighted by molar-refractivity contribution is 5.81. The number of nitrogens with one attached hydrogen (secondary N) is 1. The van der Waals surface area contributed by atoms with Gasteiger partial charge in [0.05, 0.1) is 13.0 Å². The molecular weight excluding hydrogens is 254 g/mol. The predicted molar refractivity (Wildman–Crippen MR) is 74.7 cm³/mol. The number of amides is 1. The maximum Gasteiger partial charge on any atom is 0.311 e. The van der Waals surface area contributed by atoms with Gasteiger partial charge >= 0.3 is 5.97 Å². The predicted octanol–water partition coefficient (Wildman–Crippen LogP) is 2.05. The molecule has 4 heteroatoms. The fourth-order valence-corrected chi connectivity index (χ4v) is 4.29. The third kappa shape index (κ3) is 2.36. The fourth-order valence-electron chi connectivity index (χ4n) is 4.29. The topological polar surface area (TPSA) is 55.4 Å². The Morgan fingerprint density at radius 3 is 2.65 bits per heavy atom. The first kappa shape index (κ1) is 13.7. The lowest BCUT2D eigenvalue weighted by atomic mass is 9.83. The zero-order valence-corrected chi connectivity index (χ0v) is 12.0. The van der Waals surface area contributed by atoms with Crippen molar-refractivity contribution in [2.75, 3.05) is 7.11 Å². The van der Waals surface area contributed by atoms with Gasteiger partial charge in [0, 0.05) is 12.0 Å². The van der Waals surface area contributed by atoms with Crippen LogP contribution in [0.4, 0.5) is 0 Å². The molecule has 110 valence electrons. The molecule has 0 aliphatic heterocycles. The summed E-state index contributed by atoms with van der Waals surface area (Å²) in [6.07, 6.45) is 10.3. The van der Waals surface area contributed by atoms with Gasteiger partial charge in [-0.25, -0.2) is 0 Å². The van der Waals surface area contributed by atoms with Crippen LogP contribution in [0, 0.1) is 23.7 Å². The lowest BCUT2D eigenvalue weighted by molar-refractivity contribution is -0.148. The van der Waals surface area contributed by atoms with Crippen molar-refractivity contribution in [3.63, 3.8) is 0 Å². The third-order valence-corrected chi connectivity index (χ3v) is 5.34. The maximum absolute atomic E-state index is 12.4. The van der Waals surface area contributed by atoms with Crippen molar-refractivity contribution >= 4 is 11.9 Å². The molecule has 0 aromatic carbocycles. The Balaban J connectivity index is 1.67. The lowest BCUT2D eigenvalue weighted by Gasteiger charge is -2.31. The first-order valence-electron chi connectivity index (χ1n) is 7.74. The van der Waals surface area contributed by atoms with Crippen LogP contribution in [0.1, 0.15) is 38.5 Å². The van der Waals surface area contributed by atoms with E-state index in [1.54, 1.807) is 0 Å². The number of fused-ring (bicyclic) bond motifs is 2. The number of carbonyl (C=O) groups excluding carboxylic acids is 2. The van der Waals surface area contributed by atoms with Crippen LogP contribution in [-0.2, 0) is 14.3 Å². The molecule has 0 aromatic rings. The van der Waals surface area contributed by atoms with Gasteiger partial charge in [0.2, 0.25) is 5.91 Å². The number of methoxy groups -OCH3 is 1. The number of allylic oxidation sites excluding steroid dienone is 2. The van der Waals surface area contributed by atoms with Crippen molar-refractivity contribution in [1.29, 1.82) is 0 Å². The first-order valence-corrected chi connectivity index (χ1v) is 7.74. The van der Waals surface area contributed by atoms with E-state index < -0.39 is 0 Å². The van der Waals surface area contributed by atoms with Crippen LogP contribution in [-0.4, -0.2) is 25.0 Å². The Hall–Kier alpha value is -1.32. The second-order valence-electron chi connectivity index (χ2n) is 6.40. The SMILES string of the molecule is COC(=O)[C@@H]1[C@H]2CC[C@@H](C2)[C@@H]1NC(=O)[C@H]1CC=CCC1. The van der Waals surface area contributed by atoms with Crippen LogP contribution in [0.25, 0.3) is 0 Å². The van der Waals surface area contributed by atoms with E-state index in [4.69, 9.17) is 4.74 Å². The van der Waals surface area contributed by atoms with Crippen LogP contribution in [0.2, 0.25) is 0 Å². The van der Waals surface area contributed by atoms with E-state index in [1.807, 2.05) is 0 Å². The monoisotopic (exact) mass is 277 g/mol. The van der Waals surface area contributed by atoms with Gasteiger partial charge in [-0.15, -0.1) is 0 Å². The molecule has 2 saturated carbocycles. The van der Waals surface area contributed by atoms with Crippen molar-refractivity contribution in [2.24, 2.45) is 23.7 Å². The highest BCUT2D eigenvalue weighted by Crippen LogP contribution is 2.49. The molecule has 0 heterocycles. The second kappa shape index (κ2) is 5.58. The standard InChI is InChI=1S/C16H23NO3/c1-20-16(19)13-11-7-8-12(9-11)14(13)17-15(18)10-5-3-2-4-6-10/h2-3,10-14H,4-9H2,1H3,(H,17,18)/t10-,11-,12-,13+,14-/m0/s1. The quantitative estimate of drug-likeness (QED) is 0.634. The maximum atomic E-state index is 12.4. The number of carbonyl (C=O) groups is 2. The molecule has 4 nitrogen and oxygen atoms in total. The molecule has 5 atom stereocenters. The first-order chi connectivity index (χ1) is 9.70. The molecule has 20 heavy (non-hydrogen) atoms. The van der Waals surface area contributed by atoms with Crippen LogP contribution in [0.3, 0.4) is 0 Å². The molecule has 3 rings (SSSR count). The van der Waals surface area contributed by atoms with Crippen molar-refractivity contribution in [3.8, 4) is 0 Å². The molecule has 2 bridgehead atoms. The van der Waals surface area contributed by atoms with Crippen molar-refractivity contribution in [3.05, 3.63) is 12.2 Å². The van der Waals surface area contributed by atoms with Gasteiger partial charge in [0.15, 0.2) is 0 Å². The van der Waals surface area contributed by atoms with Crippen LogP contribution >= 0.6 is 0 Å². The number of hydrogen-bond acceptors (Lipinski definition) is 3. The zero-order chi connectivity index (χ0) is 14.1. The highest BCUT2D eigenvalue weighted by Gasteiger charge is 2.52. The minimum Gasteiger partial charge on any atom is -0.469 e. The normalized spacial score (nSPS) is 38.8. The Bertz CT molecular complexity index is 431. The van der Waals surface area contributed by atoms with Gasteiger partial charge in [-0.3, -0.25) is 9.59 Å². The summed E-state index contributed by atoms with van der Waals surface area (Å²) in [5.41, 5.74) is 0. The number of ether oxygens (including phenoxy) is 1. The zero-order valence-electron chi connectivity index (χ0n) is 12.0. The molecule has 0 spiro atoms. The van der Waals surface area contributed by atoms with Gasteiger partial charge in [-0.1, -0.05) is 12.2 Å². The number of rotatable bonds is 3. The Labute approximate surface area is 119 Å². The minimum atomic E-state index is -0.147. The van der Waals surface area contributed by atoms with Crippen molar-refractivity contribution < 1.29 is 14.3 Å². The average Bonchev–Trinajstić information content (AvgIpc) is 3.08. The summed E-state index contributed by atoms with van der Waals surface area (Å²) >= 11 is 0.